The minimum absolute atomic E-state index is 0.0165. The fraction of sp³-hybridized carbons (Fsp3) is 0.458. The van der Waals surface area contributed by atoms with E-state index in [1.54, 1.807) is 49.1 Å². The number of amides is 2. The summed E-state index contributed by atoms with van der Waals surface area (Å²) in [7, 11) is 0. The molecule has 3 aromatic heterocycles. The van der Waals surface area contributed by atoms with Crippen molar-refractivity contribution >= 4 is 22.8 Å². The van der Waals surface area contributed by atoms with E-state index >= 15 is 0 Å². The lowest BCUT2D eigenvalue weighted by atomic mass is 9.53. The van der Waals surface area contributed by atoms with Gasteiger partial charge in [-0.3, -0.25) is 9.59 Å². The van der Waals surface area contributed by atoms with Crippen molar-refractivity contribution in [1.29, 1.82) is 0 Å². The molecule has 3 heterocycles. The van der Waals surface area contributed by atoms with Crippen LogP contribution in [0.25, 0.3) is 11.0 Å². The third-order valence-electron chi connectivity index (χ3n) is 6.59. The van der Waals surface area contributed by atoms with Gasteiger partial charge in [-0.1, -0.05) is 0 Å². The first-order valence-electron chi connectivity index (χ1n) is 11.4. The number of aromatic nitrogens is 4. The number of primary amides is 1. The first kappa shape index (κ1) is 22.3. The maximum Gasteiger partial charge on any atom is 0.272 e. The molecule has 0 aromatic carbocycles. The molecule has 4 N–H and O–H groups in total. The van der Waals surface area contributed by atoms with Gasteiger partial charge in [0.15, 0.2) is 11.3 Å². The summed E-state index contributed by atoms with van der Waals surface area (Å²) < 4.78 is 7.49. The number of hydrogen-bond donors (Lipinski definition) is 3. The zero-order valence-electron chi connectivity index (χ0n) is 19.2. The molecule has 34 heavy (non-hydrogen) atoms. The second-order valence-corrected chi connectivity index (χ2v) is 10.1. The number of hydrogen-bond acceptors (Lipinski definition) is 7. The summed E-state index contributed by atoms with van der Waals surface area (Å²) in [5, 5.41) is 18.4. The first-order valence-corrected chi connectivity index (χ1v) is 11.4. The number of nitrogens with zero attached hydrogens (tertiary/aromatic N) is 4. The maximum absolute atomic E-state index is 13.0. The lowest BCUT2D eigenvalue weighted by molar-refractivity contribution is -0.0848. The Hall–Kier alpha value is -3.53. The second-order valence-electron chi connectivity index (χ2n) is 10.1. The van der Waals surface area contributed by atoms with E-state index in [-0.39, 0.29) is 41.5 Å². The average Bonchev–Trinajstić information content (AvgIpc) is 3.08. The molecule has 2 fully saturated rings. The molecule has 0 atom stereocenters. The van der Waals surface area contributed by atoms with Crippen molar-refractivity contribution in [2.75, 3.05) is 0 Å². The van der Waals surface area contributed by atoms with E-state index in [1.807, 2.05) is 6.07 Å². The molecule has 2 amide bonds. The van der Waals surface area contributed by atoms with Crippen molar-refractivity contribution in [3.05, 3.63) is 47.9 Å². The van der Waals surface area contributed by atoms with E-state index in [0.717, 1.165) is 25.7 Å². The van der Waals surface area contributed by atoms with E-state index in [2.05, 4.69) is 20.4 Å². The SMILES string of the molecule is CC(C)(O)Cn1nc(C(=O)NC2CC3(C2)CC(Oc2ncccc2C(N)=O)C3)c2cccnc21. The summed E-state index contributed by atoms with van der Waals surface area (Å²) in [5.41, 5.74) is 5.73. The van der Waals surface area contributed by atoms with Crippen LogP contribution in [0.5, 0.6) is 5.88 Å². The molecule has 0 bridgehead atoms. The van der Waals surface area contributed by atoms with Gasteiger partial charge in [0, 0.05) is 18.4 Å². The molecule has 10 heteroatoms. The average molecular weight is 465 g/mol. The van der Waals surface area contributed by atoms with Gasteiger partial charge in [-0.05, 0) is 69.2 Å². The lowest BCUT2D eigenvalue weighted by Gasteiger charge is -2.57. The van der Waals surface area contributed by atoms with Crippen molar-refractivity contribution in [1.82, 2.24) is 25.1 Å². The summed E-state index contributed by atoms with van der Waals surface area (Å²) >= 11 is 0. The van der Waals surface area contributed by atoms with Crippen LogP contribution in [0.15, 0.2) is 36.7 Å². The van der Waals surface area contributed by atoms with E-state index in [0.29, 0.717) is 16.7 Å². The highest BCUT2D eigenvalue weighted by atomic mass is 16.5. The fourth-order valence-corrected chi connectivity index (χ4v) is 5.15. The van der Waals surface area contributed by atoms with E-state index in [1.165, 1.54) is 0 Å². The summed E-state index contributed by atoms with van der Waals surface area (Å²) in [5.74, 6) is -0.517. The van der Waals surface area contributed by atoms with Gasteiger partial charge in [-0.25, -0.2) is 14.6 Å². The maximum atomic E-state index is 13.0. The van der Waals surface area contributed by atoms with Crippen molar-refractivity contribution in [2.45, 2.75) is 63.8 Å². The minimum atomic E-state index is -0.985. The van der Waals surface area contributed by atoms with Gasteiger partial charge in [0.2, 0.25) is 5.88 Å². The highest BCUT2D eigenvalue weighted by Crippen LogP contribution is 2.56. The molecular weight excluding hydrogens is 436 g/mol. The molecule has 2 aliphatic rings. The molecule has 5 rings (SSSR count). The largest absolute Gasteiger partial charge is 0.474 e. The van der Waals surface area contributed by atoms with Gasteiger partial charge in [-0.2, -0.15) is 5.10 Å². The van der Waals surface area contributed by atoms with Gasteiger partial charge in [-0.15, -0.1) is 0 Å². The molecule has 0 radical (unpaired) electrons. The fourth-order valence-electron chi connectivity index (χ4n) is 5.15. The topological polar surface area (TPSA) is 145 Å². The number of carbonyl (C=O) groups excluding carboxylic acids is 2. The van der Waals surface area contributed by atoms with Crippen LogP contribution >= 0.6 is 0 Å². The molecule has 10 nitrogen and oxygen atoms in total. The van der Waals surface area contributed by atoms with Crippen LogP contribution in [-0.4, -0.2) is 54.4 Å². The first-order chi connectivity index (χ1) is 16.1. The molecule has 1 spiro atoms. The number of carbonyl (C=O) groups is 2. The monoisotopic (exact) mass is 464 g/mol. The van der Waals surface area contributed by atoms with Gasteiger partial charge >= 0.3 is 0 Å². The Labute approximate surface area is 196 Å². The van der Waals surface area contributed by atoms with Crippen LogP contribution in [-0.2, 0) is 6.54 Å². The second kappa shape index (κ2) is 8.05. The van der Waals surface area contributed by atoms with Crippen molar-refractivity contribution < 1.29 is 19.4 Å². The van der Waals surface area contributed by atoms with Gasteiger partial charge in [0.25, 0.3) is 11.8 Å². The molecular formula is C24H28N6O4. The number of pyridine rings is 2. The third-order valence-corrected chi connectivity index (χ3v) is 6.59. The molecule has 2 aliphatic carbocycles. The van der Waals surface area contributed by atoms with Gasteiger partial charge in [0.05, 0.1) is 17.5 Å². The van der Waals surface area contributed by atoms with E-state index < -0.39 is 11.5 Å². The number of aliphatic hydroxyl groups is 1. The number of ether oxygens (including phenoxy) is 1. The Morgan fingerprint density at radius 1 is 1.21 bits per heavy atom. The molecule has 3 aromatic rings. The molecule has 0 aliphatic heterocycles. The van der Waals surface area contributed by atoms with Crippen molar-refractivity contribution in [2.24, 2.45) is 11.1 Å². The standard InChI is InChI=1S/C24H28N6O4/c1-23(2,33)13-30-20-16(5-3-7-26-20)18(29-30)21(32)28-14-9-24(10-14)11-15(12-24)34-22-17(19(25)31)6-4-8-27-22/h3-8,14-15,33H,9-13H2,1-2H3,(H2,25,31)(H,28,32). The Morgan fingerprint density at radius 3 is 2.62 bits per heavy atom. The van der Waals surface area contributed by atoms with E-state index in [4.69, 9.17) is 10.5 Å². The highest BCUT2D eigenvalue weighted by molar-refractivity contribution is 6.04. The Bertz CT molecular complexity index is 1250. The van der Waals surface area contributed by atoms with Crippen molar-refractivity contribution in [3.63, 3.8) is 0 Å². The zero-order chi connectivity index (χ0) is 24.1. The predicted molar refractivity (Wildman–Crippen MR) is 123 cm³/mol. The van der Waals surface area contributed by atoms with Crippen LogP contribution < -0.4 is 15.8 Å². The van der Waals surface area contributed by atoms with Crippen molar-refractivity contribution in [3.8, 4) is 5.88 Å². The molecule has 0 unspecified atom stereocenters. The number of fused-ring (bicyclic) bond motifs is 1. The number of nitrogens with one attached hydrogen (secondary N) is 1. The number of rotatable bonds is 7. The third kappa shape index (κ3) is 4.21. The summed E-state index contributed by atoms with van der Waals surface area (Å²) in [4.78, 5) is 33.1. The molecule has 178 valence electrons. The zero-order valence-corrected chi connectivity index (χ0v) is 19.2. The quantitative estimate of drug-likeness (QED) is 0.483. The van der Waals surface area contributed by atoms with Crippen LogP contribution in [0.2, 0.25) is 0 Å². The van der Waals surface area contributed by atoms with Crippen LogP contribution in [0.4, 0.5) is 0 Å². The number of nitrogens with two attached hydrogens (primary N) is 1. The minimum Gasteiger partial charge on any atom is -0.474 e. The molecule has 0 saturated heterocycles. The normalized spacial score (nSPS) is 23.9. The highest BCUT2D eigenvalue weighted by Gasteiger charge is 2.54. The summed E-state index contributed by atoms with van der Waals surface area (Å²) in [6, 6.07) is 6.92. The van der Waals surface area contributed by atoms with Crippen LogP contribution in [0, 0.1) is 5.41 Å². The molecule has 2 saturated carbocycles. The Kier molecular flexibility index (Phi) is 5.27. The van der Waals surface area contributed by atoms with E-state index in [9.17, 15) is 14.7 Å². The smallest absolute Gasteiger partial charge is 0.272 e. The lowest BCUT2D eigenvalue weighted by Crippen LogP contribution is -2.58. The Balaban J connectivity index is 1.19. The summed E-state index contributed by atoms with van der Waals surface area (Å²) in [6.45, 7) is 3.61. The predicted octanol–water partition coefficient (Wildman–Crippen LogP) is 1.82. The van der Waals surface area contributed by atoms with Gasteiger partial charge < -0.3 is 20.9 Å². The van der Waals surface area contributed by atoms with Crippen LogP contribution in [0.3, 0.4) is 0 Å². The Morgan fingerprint density at radius 2 is 1.91 bits per heavy atom. The summed E-state index contributed by atoms with van der Waals surface area (Å²) in [6.07, 6.45) is 6.63. The van der Waals surface area contributed by atoms with Gasteiger partial charge in [0.1, 0.15) is 11.7 Å². The van der Waals surface area contributed by atoms with Crippen LogP contribution in [0.1, 0.15) is 60.4 Å².